The molecule has 1 saturated heterocycles. The Labute approximate surface area is 251 Å². The molecule has 0 spiro atoms. The number of anilines is 2. The summed E-state index contributed by atoms with van der Waals surface area (Å²) in [6, 6.07) is 4.93. The number of aromatic nitrogens is 3. The molecule has 11 heteroatoms. The summed E-state index contributed by atoms with van der Waals surface area (Å²) in [4.78, 5) is 23.3. The van der Waals surface area contributed by atoms with Gasteiger partial charge in [0.2, 0.25) is 5.95 Å². The van der Waals surface area contributed by atoms with E-state index in [-0.39, 0.29) is 12.1 Å². The molecule has 0 aromatic carbocycles. The zero-order valence-electron chi connectivity index (χ0n) is 26.1. The van der Waals surface area contributed by atoms with Gasteiger partial charge in [-0.05, 0) is 85.9 Å². The standard InChI is InChI=1S/C31H52N8O3/c1-23-20-28(36-25-13-18-39(19-14-25)30(40)41-31(2,3)4)37-29(35-23)34-22-26-21-27(42-38-26)12-8-15-32-16-9-17-33-24-10-6-5-7-11-24/h20-21,24-25,32-33H,5-19,22H2,1-4H3,(H2,34,35,36,37). The van der Waals surface area contributed by atoms with Gasteiger partial charge >= 0.3 is 6.09 Å². The van der Waals surface area contributed by atoms with Crippen LogP contribution in [0.2, 0.25) is 0 Å². The first-order valence-corrected chi connectivity index (χ1v) is 16.0. The quantitative estimate of drug-likeness (QED) is 0.224. The number of rotatable bonds is 14. The molecule has 1 amide bonds. The Morgan fingerprint density at radius 3 is 2.52 bits per heavy atom. The second kappa shape index (κ2) is 16.1. The summed E-state index contributed by atoms with van der Waals surface area (Å²) < 4.78 is 11.1. The lowest BCUT2D eigenvalue weighted by atomic mass is 9.95. The van der Waals surface area contributed by atoms with E-state index in [0.717, 1.165) is 74.3 Å². The first kappa shape index (κ1) is 32.0. The lowest BCUT2D eigenvalue weighted by Gasteiger charge is -2.33. The molecule has 1 aliphatic carbocycles. The van der Waals surface area contributed by atoms with E-state index < -0.39 is 5.60 Å². The number of amides is 1. The van der Waals surface area contributed by atoms with Gasteiger partial charge in [-0.15, -0.1) is 0 Å². The molecule has 4 rings (SSSR count). The van der Waals surface area contributed by atoms with Gasteiger partial charge in [-0.2, -0.15) is 4.98 Å². The second-order valence-electron chi connectivity index (χ2n) is 12.7. The molecule has 234 valence electrons. The Balaban J connectivity index is 1.11. The number of piperidine rings is 1. The van der Waals surface area contributed by atoms with Crippen molar-refractivity contribution in [2.45, 2.75) is 116 Å². The number of likely N-dealkylation sites (tertiary alicyclic amines) is 1. The SMILES string of the molecule is Cc1cc(NC2CCN(C(=O)OC(C)(C)C)CC2)nc(NCc2cc(CCCNCCCNC3CCCCC3)on2)n1. The third-order valence-corrected chi connectivity index (χ3v) is 7.73. The van der Waals surface area contributed by atoms with Crippen LogP contribution in [0.4, 0.5) is 16.6 Å². The fourth-order valence-corrected chi connectivity index (χ4v) is 5.53. The molecular weight excluding hydrogens is 532 g/mol. The number of carbonyl (C=O) groups is 1. The lowest BCUT2D eigenvalue weighted by Crippen LogP contribution is -2.44. The van der Waals surface area contributed by atoms with E-state index in [1.165, 1.54) is 38.5 Å². The zero-order valence-corrected chi connectivity index (χ0v) is 26.1. The van der Waals surface area contributed by atoms with E-state index in [4.69, 9.17) is 9.26 Å². The van der Waals surface area contributed by atoms with Crippen LogP contribution in [0.15, 0.2) is 16.7 Å². The third-order valence-electron chi connectivity index (χ3n) is 7.73. The molecule has 0 atom stereocenters. The summed E-state index contributed by atoms with van der Waals surface area (Å²) in [5, 5.41) is 18.3. The predicted octanol–water partition coefficient (Wildman–Crippen LogP) is 5.03. The van der Waals surface area contributed by atoms with Crippen molar-refractivity contribution in [3.63, 3.8) is 0 Å². The van der Waals surface area contributed by atoms with Crippen LogP contribution in [0, 0.1) is 6.92 Å². The van der Waals surface area contributed by atoms with Crippen molar-refractivity contribution in [3.05, 3.63) is 29.3 Å². The topological polar surface area (TPSA) is 129 Å². The minimum Gasteiger partial charge on any atom is -0.444 e. The molecule has 2 fully saturated rings. The molecule has 0 radical (unpaired) electrons. The van der Waals surface area contributed by atoms with E-state index in [2.05, 4.69) is 36.4 Å². The van der Waals surface area contributed by atoms with Crippen LogP contribution in [0.25, 0.3) is 0 Å². The summed E-state index contributed by atoms with van der Waals surface area (Å²) in [6.45, 7) is 12.6. The van der Waals surface area contributed by atoms with Gasteiger partial charge in [0.1, 0.15) is 22.9 Å². The van der Waals surface area contributed by atoms with Crippen molar-refractivity contribution in [2.24, 2.45) is 0 Å². The minimum absolute atomic E-state index is 0.233. The van der Waals surface area contributed by atoms with E-state index in [9.17, 15) is 4.79 Å². The average molecular weight is 585 g/mol. The summed E-state index contributed by atoms with van der Waals surface area (Å²) in [6.07, 6.45) is 11.3. The summed E-state index contributed by atoms with van der Waals surface area (Å²) >= 11 is 0. The molecule has 1 aliphatic heterocycles. The molecule has 2 aromatic rings. The maximum absolute atomic E-state index is 12.3. The molecule has 2 aliphatic rings. The van der Waals surface area contributed by atoms with Gasteiger partial charge in [0.05, 0.1) is 6.54 Å². The summed E-state index contributed by atoms with van der Waals surface area (Å²) in [5.74, 6) is 2.23. The monoisotopic (exact) mass is 584 g/mol. The Hall–Kier alpha value is -2.92. The molecule has 3 heterocycles. The van der Waals surface area contributed by atoms with E-state index in [1.54, 1.807) is 4.90 Å². The molecule has 2 aromatic heterocycles. The number of carbonyl (C=O) groups excluding carboxylic acids is 1. The first-order valence-electron chi connectivity index (χ1n) is 16.0. The summed E-state index contributed by atoms with van der Waals surface area (Å²) in [7, 11) is 0. The highest BCUT2D eigenvalue weighted by molar-refractivity contribution is 5.68. The highest BCUT2D eigenvalue weighted by atomic mass is 16.6. The first-order chi connectivity index (χ1) is 20.2. The van der Waals surface area contributed by atoms with Crippen LogP contribution < -0.4 is 21.3 Å². The van der Waals surface area contributed by atoms with Gasteiger partial charge in [0.15, 0.2) is 0 Å². The van der Waals surface area contributed by atoms with Gasteiger partial charge in [0, 0.05) is 49.4 Å². The number of ether oxygens (including phenoxy) is 1. The number of hydrogen-bond acceptors (Lipinski definition) is 10. The highest BCUT2D eigenvalue weighted by Crippen LogP contribution is 2.20. The molecule has 0 unspecified atom stereocenters. The van der Waals surface area contributed by atoms with Crippen molar-refractivity contribution in [1.82, 2.24) is 30.7 Å². The van der Waals surface area contributed by atoms with Crippen LogP contribution in [0.5, 0.6) is 0 Å². The smallest absolute Gasteiger partial charge is 0.410 e. The Bertz CT molecular complexity index is 1090. The maximum Gasteiger partial charge on any atom is 0.410 e. The predicted molar refractivity (Wildman–Crippen MR) is 166 cm³/mol. The van der Waals surface area contributed by atoms with Crippen LogP contribution in [-0.4, -0.2) is 76.5 Å². The van der Waals surface area contributed by atoms with E-state index >= 15 is 0 Å². The molecule has 42 heavy (non-hydrogen) atoms. The largest absolute Gasteiger partial charge is 0.444 e. The number of hydrogen-bond donors (Lipinski definition) is 4. The number of aryl methyl sites for hydroxylation is 2. The maximum atomic E-state index is 12.3. The zero-order chi connectivity index (χ0) is 29.8. The normalized spacial score (nSPS) is 16.9. The van der Waals surface area contributed by atoms with Crippen LogP contribution >= 0.6 is 0 Å². The van der Waals surface area contributed by atoms with Gasteiger partial charge < -0.3 is 35.4 Å². The molecule has 0 bridgehead atoms. The van der Waals surface area contributed by atoms with E-state index in [0.29, 0.717) is 25.6 Å². The lowest BCUT2D eigenvalue weighted by molar-refractivity contribution is 0.0210. The molecule has 11 nitrogen and oxygen atoms in total. The average Bonchev–Trinajstić information content (AvgIpc) is 3.41. The minimum atomic E-state index is -0.482. The van der Waals surface area contributed by atoms with Gasteiger partial charge in [0.25, 0.3) is 0 Å². The van der Waals surface area contributed by atoms with Crippen molar-refractivity contribution in [2.75, 3.05) is 43.4 Å². The van der Waals surface area contributed by atoms with Crippen molar-refractivity contribution in [1.29, 1.82) is 0 Å². The fourth-order valence-electron chi connectivity index (χ4n) is 5.53. The Morgan fingerprint density at radius 2 is 1.76 bits per heavy atom. The van der Waals surface area contributed by atoms with Crippen molar-refractivity contribution < 1.29 is 14.1 Å². The Kier molecular flexibility index (Phi) is 12.2. The van der Waals surface area contributed by atoms with Gasteiger partial charge in [-0.3, -0.25) is 0 Å². The third kappa shape index (κ3) is 11.4. The van der Waals surface area contributed by atoms with Gasteiger partial charge in [-0.25, -0.2) is 9.78 Å². The number of nitrogens with one attached hydrogen (secondary N) is 4. The van der Waals surface area contributed by atoms with Crippen LogP contribution in [0.3, 0.4) is 0 Å². The highest BCUT2D eigenvalue weighted by Gasteiger charge is 2.27. The number of nitrogens with zero attached hydrogens (tertiary/aromatic N) is 4. The van der Waals surface area contributed by atoms with Crippen LogP contribution in [-0.2, 0) is 17.7 Å². The summed E-state index contributed by atoms with van der Waals surface area (Å²) in [5.41, 5.74) is 1.23. The molecular formula is C31H52N8O3. The fraction of sp³-hybridized carbons (Fsp3) is 0.742. The van der Waals surface area contributed by atoms with Crippen molar-refractivity contribution >= 4 is 17.9 Å². The molecule has 4 N–H and O–H groups in total. The van der Waals surface area contributed by atoms with Crippen molar-refractivity contribution in [3.8, 4) is 0 Å². The van der Waals surface area contributed by atoms with Crippen LogP contribution in [0.1, 0.15) is 95.7 Å². The van der Waals surface area contributed by atoms with E-state index in [1.807, 2.05) is 39.8 Å². The second-order valence-corrected chi connectivity index (χ2v) is 12.7. The Morgan fingerprint density at radius 1 is 1.00 bits per heavy atom. The molecule has 1 saturated carbocycles. The van der Waals surface area contributed by atoms with Gasteiger partial charge in [-0.1, -0.05) is 24.4 Å².